The van der Waals surface area contributed by atoms with Crippen LogP contribution in [0, 0.1) is 17.8 Å². The molecule has 0 saturated carbocycles. The predicted molar refractivity (Wildman–Crippen MR) is 233 cm³/mol. The molecule has 3 aliphatic rings. The Balaban J connectivity index is 1.13. The highest BCUT2D eigenvalue weighted by Crippen LogP contribution is 2.77. The fourth-order valence-corrected chi connectivity index (χ4v) is 12.0. The van der Waals surface area contributed by atoms with Crippen molar-refractivity contribution in [3.8, 4) is 22.5 Å². The van der Waals surface area contributed by atoms with Gasteiger partial charge in [-0.2, -0.15) is 0 Å². The Morgan fingerprint density at radius 2 is 1.25 bits per heavy atom. The molecule has 0 bridgehead atoms. The first kappa shape index (κ1) is 38.1. The number of nitrogens with zero attached hydrogens (tertiary/aromatic N) is 3. The van der Waals surface area contributed by atoms with E-state index in [1.165, 1.54) is 49.9 Å². The van der Waals surface area contributed by atoms with Gasteiger partial charge in [0.05, 0.1) is 16.9 Å². The highest BCUT2D eigenvalue weighted by atomic mass is 15.2. The molecule has 2 atom stereocenters. The van der Waals surface area contributed by atoms with Crippen LogP contribution in [-0.2, 0) is 32.7 Å². The molecule has 3 heterocycles. The van der Waals surface area contributed by atoms with Gasteiger partial charge in [0.15, 0.2) is 0 Å². The maximum Gasteiger partial charge on any atom is 0.0712 e. The van der Waals surface area contributed by atoms with Crippen LogP contribution in [0.1, 0.15) is 149 Å². The molecule has 5 aromatic rings. The Morgan fingerprint density at radius 3 is 1.91 bits per heavy atom. The molecule has 2 aliphatic carbocycles. The third kappa shape index (κ3) is 4.71. The molecule has 3 heteroatoms. The molecule has 3 nitrogen and oxygen atoms in total. The van der Waals surface area contributed by atoms with Gasteiger partial charge in [-0.1, -0.05) is 106 Å². The minimum absolute atomic E-state index is 0.00264. The van der Waals surface area contributed by atoms with Gasteiger partial charge in [0.1, 0.15) is 0 Å². The van der Waals surface area contributed by atoms with Crippen LogP contribution in [0.25, 0.3) is 33.4 Å². The van der Waals surface area contributed by atoms with Crippen molar-refractivity contribution in [2.24, 2.45) is 10.8 Å². The van der Waals surface area contributed by atoms with Crippen LogP contribution in [0.15, 0.2) is 79.0 Å². The largest absolute Gasteiger partial charge is 0.288 e. The van der Waals surface area contributed by atoms with Crippen molar-refractivity contribution in [3.63, 3.8) is 0 Å². The van der Waals surface area contributed by atoms with Crippen molar-refractivity contribution in [1.82, 2.24) is 14.9 Å². The molecule has 0 N–H and O–H groups in total. The van der Waals surface area contributed by atoms with Crippen LogP contribution in [0.5, 0.6) is 0 Å². The standard InChI is InChI=1S/C52H65N3/c1-32-18-17-19-43-36(32)22-25-42(54-43)34-29-39-44-40(30-34)47(6,7)51(14,52(44,15)50(12,13)46(39,4)5)27-26-45(2,3)35-21-24-41(53-31-35)33-20-23-37-38(28-33)49(10,11)55(16)48(37,8)9/h17-25,28-31H,26-27H2,1-16H3. The third-order valence-electron chi connectivity index (χ3n) is 17.6. The first-order valence-electron chi connectivity index (χ1n) is 20.8. The maximum atomic E-state index is 5.26. The van der Waals surface area contributed by atoms with Gasteiger partial charge in [-0.05, 0) is 157 Å². The van der Waals surface area contributed by atoms with Crippen LogP contribution in [-0.4, -0.2) is 21.9 Å². The van der Waals surface area contributed by atoms with Gasteiger partial charge < -0.3 is 0 Å². The smallest absolute Gasteiger partial charge is 0.0712 e. The minimum Gasteiger partial charge on any atom is -0.288 e. The van der Waals surface area contributed by atoms with Crippen molar-refractivity contribution in [2.45, 2.75) is 149 Å². The van der Waals surface area contributed by atoms with E-state index in [0.717, 1.165) is 29.7 Å². The second kappa shape index (κ2) is 11.4. The van der Waals surface area contributed by atoms with Gasteiger partial charge in [0.2, 0.25) is 0 Å². The number of aromatic nitrogens is 2. The lowest BCUT2D eigenvalue weighted by molar-refractivity contribution is -0.0329. The zero-order valence-electron chi connectivity index (χ0n) is 36.8. The molecular formula is C52H65N3. The van der Waals surface area contributed by atoms with E-state index in [1.807, 2.05) is 0 Å². The van der Waals surface area contributed by atoms with Crippen molar-refractivity contribution in [3.05, 3.63) is 118 Å². The topological polar surface area (TPSA) is 29.0 Å². The molecular weight excluding hydrogens is 667 g/mol. The maximum absolute atomic E-state index is 5.26. The molecule has 2 aromatic heterocycles. The molecule has 0 spiro atoms. The summed E-state index contributed by atoms with van der Waals surface area (Å²) in [6, 6.07) is 27.6. The predicted octanol–water partition coefficient (Wildman–Crippen LogP) is 13.3. The summed E-state index contributed by atoms with van der Waals surface area (Å²) in [6.45, 7) is 36.8. The number of pyridine rings is 2. The van der Waals surface area contributed by atoms with Crippen LogP contribution >= 0.6 is 0 Å². The van der Waals surface area contributed by atoms with Gasteiger partial charge in [0, 0.05) is 39.2 Å². The number of rotatable bonds is 6. The lowest BCUT2D eigenvalue weighted by Gasteiger charge is -2.58. The van der Waals surface area contributed by atoms with E-state index in [0.29, 0.717) is 0 Å². The van der Waals surface area contributed by atoms with Crippen molar-refractivity contribution >= 4 is 10.9 Å². The summed E-state index contributed by atoms with van der Waals surface area (Å²) in [5.41, 5.74) is 15.5. The fourth-order valence-electron chi connectivity index (χ4n) is 12.0. The second-order valence-corrected chi connectivity index (χ2v) is 21.4. The average molecular weight is 732 g/mol. The van der Waals surface area contributed by atoms with E-state index in [2.05, 4.69) is 195 Å². The Morgan fingerprint density at radius 1 is 0.636 bits per heavy atom. The molecule has 0 saturated heterocycles. The number of aryl methyl sites for hydroxylation is 1. The van der Waals surface area contributed by atoms with E-state index in [9.17, 15) is 0 Å². The van der Waals surface area contributed by atoms with Gasteiger partial charge in [-0.3, -0.25) is 9.88 Å². The molecule has 3 aromatic carbocycles. The van der Waals surface area contributed by atoms with Gasteiger partial charge >= 0.3 is 0 Å². The van der Waals surface area contributed by atoms with Crippen LogP contribution in [0.2, 0.25) is 0 Å². The lowest BCUT2D eigenvalue weighted by Crippen LogP contribution is -2.56. The number of fused-ring (bicyclic) bond motifs is 2. The summed E-state index contributed by atoms with van der Waals surface area (Å²) in [6.07, 6.45) is 4.36. The Labute approximate surface area is 332 Å². The molecule has 8 rings (SSSR count). The summed E-state index contributed by atoms with van der Waals surface area (Å²) in [4.78, 5) is 12.9. The van der Waals surface area contributed by atoms with E-state index >= 15 is 0 Å². The zero-order chi connectivity index (χ0) is 40.1. The number of benzene rings is 3. The van der Waals surface area contributed by atoms with E-state index in [-0.39, 0.29) is 43.6 Å². The SMILES string of the molecule is Cc1cccc2nc(-c3cc4c5c(c3)C(C)(C)C(C)(CCC(C)(C)c3ccc(-c6ccc7c(c6)C(C)(C)N(C)C7(C)C)nc3)C5(C)C(C)(C)C4(C)C)ccc12. The average Bonchev–Trinajstić information content (AvgIpc) is 3.43. The van der Waals surface area contributed by atoms with Crippen LogP contribution < -0.4 is 0 Å². The van der Waals surface area contributed by atoms with Crippen molar-refractivity contribution in [2.75, 3.05) is 7.05 Å². The van der Waals surface area contributed by atoms with E-state index < -0.39 is 0 Å². The molecule has 1 aliphatic heterocycles. The molecule has 0 fully saturated rings. The highest BCUT2D eigenvalue weighted by Gasteiger charge is 2.73. The summed E-state index contributed by atoms with van der Waals surface area (Å²) in [7, 11) is 2.25. The number of hydrogen-bond acceptors (Lipinski definition) is 3. The van der Waals surface area contributed by atoms with Gasteiger partial charge in [-0.15, -0.1) is 0 Å². The van der Waals surface area contributed by atoms with Crippen LogP contribution in [0.4, 0.5) is 0 Å². The lowest BCUT2D eigenvalue weighted by atomic mass is 9.45. The highest BCUT2D eigenvalue weighted by molar-refractivity contribution is 5.85. The number of hydrogen-bond donors (Lipinski definition) is 0. The first-order chi connectivity index (χ1) is 25.4. The normalized spacial score (nSPS) is 25.3. The summed E-state index contributed by atoms with van der Waals surface area (Å²) in [5.74, 6) is 0. The summed E-state index contributed by atoms with van der Waals surface area (Å²) >= 11 is 0. The fraction of sp³-hybridized carbons (Fsp3) is 0.500. The molecule has 0 amide bonds. The van der Waals surface area contributed by atoms with Crippen LogP contribution in [0.3, 0.4) is 0 Å². The van der Waals surface area contributed by atoms with Gasteiger partial charge in [0.25, 0.3) is 0 Å². The quantitative estimate of drug-likeness (QED) is 0.174. The third-order valence-corrected chi connectivity index (χ3v) is 17.6. The van der Waals surface area contributed by atoms with E-state index in [1.54, 1.807) is 5.56 Å². The Bertz CT molecular complexity index is 2390. The molecule has 288 valence electrons. The molecule has 55 heavy (non-hydrogen) atoms. The monoisotopic (exact) mass is 732 g/mol. The summed E-state index contributed by atoms with van der Waals surface area (Å²) in [5, 5.41) is 1.23. The van der Waals surface area contributed by atoms with E-state index in [4.69, 9.17) is 9.97 Å². The first-order valence-corrected chi connectivity index (χ1v) is 20.8. The Hall–Kier alpha value is -3.82. The zero-order valence-corrected chi connectivity index (χ0v) is 36.8. The molecule has 2 unspecified atom stereocenters. The summed E-state index contributed by atoms with van der Waals surface area (Å²) < 4.78 is 0. The molecule has 0 radical (unpaired) electrons. The minimum atomic E-state index is -0.0504. The Kier molecular flexibility index (Phi) is 7.89. The second-order valence-electron chi connectivity index (χ2n) is 21.4. The van der Waals surface area contributed by atoms with Crippen molar-refractivity contribution in [1.29, 1.82) is 0 Å². The van der Waals surface area contributed by atoms with Gasteiger partial charge in [-0.25, -0.2) is 4.98 Å². The van der Waals surface area contributed by atoms with Crippen molar-refractivity contribution < 1.29 is 0 Å².